The van der Waals surface area contributed by atoms with Crippen molar-refractivity contribution in [1.82, 2.24) is 35.3 Å². The molecule has 0 saturated carbocycles. The number of nitrogens with one attached hydrogen (secondary N) is 2. The lowest BCUT2D eigenvalue weighted by Crippen LogP contribution is -2.29. The number of anilines is 1. The van der Waals surface area contributed by atoms with Gasteiger partial charge in [-0.3, -0.25) is 4.68 Å². The molecule has 0 bridgehead atoms. The highest BCUT2D eigenvalue weighted by Gasteiger charge is 2.10. The summed E-state index contributed by atoms with van der Waals surface area (Å²) in [6.07, 6.45) is 0. The number of rotatable bonds is 5. The van der Waals surface area contributed by atoms with Crippen LogP contribution < -0.4 is 10.6 Å². The number of carbonyl (C=O) groups is 1. The van der Waals surface area contributed by atoms with Crippen LogP contribution in [0.2, 0.25) is 0 Å². The van der Waals surface area contributed by atoms with E-state index in [0.29, 0.717) is 24.6 Å². The molecular formula is C16H20N8O. The van der Waals surface area contributed by atoms with Crippen LogP contribution in [0.5, 0.6) is 0 Å². The summed E-state index contributed by atoms with van der Waals surface area (Å²) in [7, 11) is 1.85. The van der Waals surface area contributed by atoms with Crippen molar-refractivity contribution >= 4 is 11.7 Å². The number of aryl methyl sites for hydroxylation is 3. The van der Waals surface area contributed by atoms with Gasteiger partial charge in [-0.15, -0.1) is 5.10 Å². The van der Waals surface area contributed by atoms with Gasteiger partial charge in [0.15, 0.2) is 5.82 Å². The molecule has 0 aliphatic carbocycles. The number of tetrazole rings is 1. The van der Waals surface area contributed by atoms with Crippen molar-refractivity contribution < 1.29 is 4.79 Å². The summed E-state index contributed by atoms with van der Waals surface area (Å²) in [6.45, 7) is 4.95. The predicted octanol–water partition coefficient (Wildman–Crippen LogP) is 1.72. The van der Waals surface area contributed by atoms with Gasteiger partial charge in [-0.25, -0.2) is 9.48 Å². The van der Waals surface area contributed by atoms with Crippen LogP contribution in [0.3, 0.4) is 0 Å². The van der Waals surface area contributed by atoms with E-state index in [0.717, 1.165) is 17.0 Å². The van der Waals surface area contributed by atoms with Gasteiger partial charge in [-0.2, -0.15) is 5.10 Å². The van der Waals surface area contributed by atoms with E-state index >= 15 is 0 Å². The molecule has 130 valence electrons. The molecule has 0 saturated heterocycles. The number of aromatic nitrogens is 6. The molecule has 2 amide bonds. The molecule has 0 radical (unpaired) electrons. The first-order valence-corrected chi connectivity index (χ1v) is 7.97. The quantitative estimate of drug-likeness (QED) is 0.736. The monoisotopic (exact) mass is 340 g/mol. The first-order valence-electron chi connectivity index (χ1n) is 7.97. The lowest BCUT2D eigenvalue weighted by Gasteiger charge is -2.09. The Morgan fingerprint density at radius 2 is 2.12 bits per heavy atom. The van der Waals surface area contributed by atoms with E-state index in [1.165, 1.54) is 0 Å². The molecule has 1 aromatic carbocycles. The zero-order chi connectivity index (χ0) is 17.8. The van der Waals surface area contributed by atoms with Crippen LogP contribution in [-0.2, 0) is 20.1 Å². The van der Waals surface area contributed by atoms with E-state index in [4.69, 9.17) is 0 Å². The van der Waals surface area contributed by atoms with Gasteiger partial charge in [-0.1, -0.05) is 12.1 Å². The Labute approximate surface area is 145 Å². The van der Waals surface area contributed by atoms with Crippen LogP contribution in [0.25, 0.3) is 11.4 Å². The molecular weight excluding hydrogens is 320 g/mol. The Morgan fingerprint density at radius 3 is 2.84 bits per heavy atom. The van der Waals surface area contributed by atoms with Crippen LogP contribution >= 0.6 is 0 Å². The first kappa shape index (κ1) is 16.6. The molecule has 9 heteroatoms. The summed E-state index contributed by atoms with van der Waals surface area (Å²) in [5, 5.41) is 21.5. The highest BCUT2D eigenvalue weighted by Crippen LogP contribution is 2.20. The van der Waals surface area contributed by atoms with Gasteiger partial charge in [0.25, 0.3) is 0 Å². The normalized spacial score (nSPS) is 10.7. The van der Waals surface area contributed by atoms with Crippen LogP contribution in [0.1, 0.15) is 18.3 Å². The van der Waals surface area contributed by atoms with Gasteiger partial charge < -0.3 is 10.6 Å². The number of amides is 2. The zero-order valence-electron chi connectivity index (χ0n) is 14.4. The topological polar surface area (TPSA) is 103 Å². The lowest BCUT2D eigenvalue weighted by molar-refractivity contribution is 0.251. The van der Waals surface area contributed by atoms with Crippen LogP contribution in [0.15, 0.2) is 30.3 Å². The molecule has 2 N–H and O–H groups in total. The standard InChI is InChI=1S/C16H20N8O/c1-4-24-15(19-21-22-24)12-6-5-7-13(9-12)18-16(25)17-10-14-8-11(2)20-23(14)3/h5-9H,4,10H2,1-3H3,(H2,17,18,25). The number of hydrogen-bond acceptors (Lipinski definition) is 5. The van der Waals surface area contributed by atoms with Gasteiger partial charge in [0, 0.05) is 24.8 Å². The van der Waals surface area contributed by atoms with Gasteiger partial charge in [0.1, 0.15) is 0 Å². The summed E-state index contributed by atoms with van der Waals surface area (Å²) < 4.78 is 3.45. The summed E-state index contributed by atoms with van der Waals surface area (Å²) in [5.74, 6) is 0.664. The smallest absolute Gasteiger partial charge is 0.319 e. The fraction of sp³-hybridized carbons (Fsp3) is 0.312. The number of urea groups is 1. The molecule has 0 aliphatic heterocycles. The van der Waals surface area contributed by atoms with E-state index in [9.17, 15) is 4.79 Å². The Hall–Kier alpha value is -3.23. The Kier molecular flexibility index (Phi) is 4.73. The second-order valence-electron chi connectivity index (χ2n) is 5.61. The predicted molar refractivity (Wildman–Crippen MR) is 92.7 cm³/mol. The minimum atomic E-state index is -0.286. The second kappa shape index (κ2) is 7.12. The second-order valence-corrected chi connectivity index (χ2v) is 5.61. The van der Waals surface area contributed by atoms with Gasteiger partial charge in [0.2, 0.25) is 0 Å². The van der Waals surface area contributed by atoms with Crippen LogP contribution in [-0.4, -0.2) is 36.0 Å². The average Bonchev–Trinajstić information content (AvgIpc) is 3.19. The zero-order valence-corrected chi connectivity index (χ0v) is 14.4. The summed E-state index contributed by atoms with van der Waals surface area (Å²) in [6, 6.07) is 9.06. The summed E-state index contributed by atoms with van der Waals surface area (Å²) in [5.41, 5.74) is 3.36. The molecule has 3 aromatic rings. The van der Waals surface area contributed by atoms with Crippen molar-refractivity contribution in [3.05, 3.63) is 41.7 Å². The van der Waals surface area contributed by atoms with Gasteiger partial charge in [0.05, 0.1) is 17.9 Å². The number of carbonyl (C=O) groups excluding carboxylic acids is 1. The molecule has 0 aliphatic rings. The largest absolute Gasteiger partial charge is 0.332 e. The van der Waals surface area contributed by atoms with Crippen molar-refractivity contribution in [2.24, 2.45) is 7.05 Å². The maximum atomic E-state index is 12.1. The minimum absolute atomic E-state index is 0.286. The van der Waals surface area contributed by atoms with E-state index in [1.54, 1.807) is 9.36 Å². The van der Waals surface area contributed by atoms with Crippen molar-refractivity contribution in [1.29, 1.82) is 0 Å². The van der Waals surface area contributed by atoms with Crippen LogP contribution in [0.4, 0.5) is 10.5 Å². The maximum Gasteiger partial charge on any atom is 0.319 e. The van der Waals surface area contributed by atoms with E-state index in [-0.39, 0.29) is 6.03 Å². The molecule has 0 atom stereocenters. The lowest BCUT2D eigenvalue weighted by atomic mass is 10.2. The van der Waals surface area contributed by atoms with Crippen molar-refractivity contribution in [2.75, 3.05) is 5.32 Å². The fourth-order valence-corrected chi connectivity index (χ4v) is 2.54. The van der Waals surface area contributed by atoms with Crippen LogP contribution in [0, 0.1) is 6.92 Å². The molecule has 2 heterocycles. The summed E-state index contributed by atoms with van der Waals surface area (Å²) >= 11 is 0. The minimum Gasteiger partial charge on any atom is -0.332 e. The third kappa shape index (κ3) is 3.82. The Bertz CT molecular complexity index is 882. The average molecular weight is 340 g/mol. The Morgan fingerprint density at radius 1 is 1.28 bits per heavy atom. The third-order valence-electron chi connectivity index (χ3n) is 3.74. The number of nitrogens with zero attached hydrogens (tertiary/aromatic N) is 6. The maximum absolute atomic E-state index is 12.1. The third-order valence-corrected chi connectivity index (χ3v) is 3.74. The first-order chi connectivity index (χ1) is 12.1. The van der Waals surface area contributed by atoms with Gasteiger partial charge >= 0.3 is 6.03 Å². The Balaban J connectivity index is 1.65. The van der Waals surface area contributed by atoms with Crippen molar-refractivity contribution in [3.8, 4) is 11.4 Å². The molecule has 3 rings (SSSR count). The molecule has 9 nitrogen and oxygen atoms in total. The van der Waals surface area contributed by atoms with Crippen molar-refractivity contribution in [2.45, 2.75) is 26.9 Å². The SMILES string of the molecule is CCn1nnnc1-c1cccc(NC(=O)NCc2cc(C)nn2C)c1. The molecule has 0 fully saturated rings. The fourth-order valence-electron chi connectivity index (χ4n) is 2.54. The number of benzene rings is 1. The highest BCUT2D eigenvalue weighted by molar-refractivity contribution is 5.89. The molecule has 0 spiro atoms. The van der Waals surface area contributed by atoms with E-state index in [1.807, 2.05) is 51.2 Å². The van der Waals surface area contributed by atoms with Gasteiger partial charge in [-0.05, 0) is 42.5 Å². The highest BCUT2D eigenvalue weighted by atomic mass is 16.2. The molecule has 2 aromatic heterocycles. The van der Waals surface area contributed by atoms with E-state index < -0.39 is 0 Å². The molecule has 0 unspecified atom stereocenters. The van der Waals surface area contributed by atoms with Crippen molar-refractivity contribution in [3.63, 3.8) is 0 Å². The molecule has 25 heavy (non-hydrogen) atoms. The van der Waals surface area contributed by atoms with E-state index in [2.05, 4.69) is 31.3 Å². The number of hydrogen-bond donors (Lipinski definition) is 2. The summed E-state index contributed by atoms with van der Waals surface area (Å²) in [4.78, 5) is 12.1.